The second-order valence-corrected chi connectivity index (χ2v) is 18.1. The van der Waals surface area contributed by atoms with Crippen LogP contribution in [0.1, 0.15) is 11.1 Å². The highest BCUT2D eigenvalue weighted by atomic mass is 32.2. The summed E-state index contributed by atoms with van der Waals surface area (Å²) >= 11 is 0. The Kier molecular flexibility index (Phi) is 9.63. The number of rotatable bonds is 8. The van der Waals surface area contributed by atoms with E-state index in [1.807, 2.05) is 0 Å². The number of phenols is 2. The Bertz CT molecular complexity index is 3210. The summed E-state index contributed by atoms with van der Waals surface area (Å²) in [6, 6.07) is 14.6. The van der Waals surface area contributed by atoms with Crippen molar-refractivity contribution in [2.45, 2.75) is 33.4 Å². The molecule has 56 heavy (non-hydrogen) atoms. The molecule has 6 aromatic rings. The SMILES string of the molecule is Cc1cc(-c2ccc(-c3c(S(=O)(=O)O)cc4cc(S(=O)(=O)O)cc(N)c4c3O)c(C)c2)ccc1N=Nc1c(S(=O)(=O)O)cc2cc(S(=O)(=O)O)cc(N)c2c1O. The van der Waals surface area contributed by atoms with Crippen molar-refractivity contribution in [3.63, 3.8) is 0 Å². The van der Waals surface area contributed by atoms with E-state index < -0.39 is 77.2 Å². The van der Waals surface area contributed by atoms with Gasteiger partial charge in [-0.15, -0.1) is 5.11 Å². The molecular formula is C34H28N4O14S4. The standard InChI is InChI=1S/C34H28N4O14S4/c1-15-7-17(3-5-23(15)31-27(55(47,48)49)11-19-9-21(53(41,42)43)13-24(35)29(19)33(31)39)18-4-6-26(16(2)8-18)37-38-32-28(56(50,51)52)12-20-10-22(54(44,45)46)14-25(36)30(20)34(32)40/h3-14,39-40H,35-36H2,1-2H3,(H,41,42,43)(H,44,45,46)(H,47,48,49)(H,50,51,52). The monoisotopic (exact) mass is 844 g/mol. The van der Waals surface area contributed by atoms with E-state index in [-0.39, 0.29) is 49.7 Å². The molecule has 0 aliphatic carbocycles. The van der Waals surface area contributed by atoms with Crippen molar-refractivity contribution in [1.29, 1.82) is 0 Å². The normalized spacial score (nSPS) is 12.9. The molecule has 6 rings (SSSR count). The van der Waals surface area contributed by atoms with Crippen molar-refractivity contribution in [1.82, 2.24) is 0 Å². The van der Waals surface area contributed by atoms with E-state index in [0.29, 0.717) is 22.3 Å². The number of fused-ring (bicyclic) bond motifs is 2. The van der Waals surface area contributed by atoms with Gasteiger partial charge in [0.25, 0.3) is 40.5 Å². The molecule has 22 heteroatoms. The Morgan fingerprint density at radius 3 is 1.45 bits per heavy atom. The van der Waals surface area contributed by atoms with Gasteiger partial charge in [-0.2, -0.15) is 38.8 Å². The van der Waals surface area contributed by atoms with Crippen molar-refractivity contribution in [2.24, 2.45) is 10.2 Å². The zero-order valence-electron chi connectivity index (χ0n) is 28.6. The van der Waals surface area contributed by atoms with E-state index in [1.165, 1.54) is 12.1 Å². The lowest BCUT2D eigenvalue weighted by Crippen LogP contribution is -2.05. The molecule has 10 N–H and O–H groups in total. The zero-order chi connectivity index (χ0) is 41.4. The molecule has 0 amide bonds. The van der Waals surface area contributed by atoms with Gasteiger partial charge in [0.05, 0.1) is 15.5 Å². The maximum absolute atomic E-state index is 12.5. The Morgan fingerprint density at radius 1 is 0.518 bits per heavy atom. The molecule has 0 bridgehead atoms. The van der Waals surface area contributed by atoms with E-state index >= 15 is 0 Å². The van der Waals surface area contributed by atoms with Gasteiger partial charge in [-0.05, 0) is 101 Å². The number of azo groups is 1. The van der Waals surface area contributed by atoms with Crippen LogP contribution in [0.25, 0.3) is 43.8 Å². The third-order valence-electron chi connectivity index (χ3n) is 8.77. The van der Waals surface area contributed by atoms with Crippen molar-refractivity contribution < 1.29 is 62.1 Å². The Morgan fingerprint density at radius 2 is 0.982 bits per heavy atom. The van der Waals surface area contributed by atoms with Gasteiger partial charge in [0.1, 0.15) is 21.2 Å². The molecule has 0 heterocycles. The molecule has 0 radical (unpaired) electrons. The second kappa shape index (κ2) is 13.5. The van der Waals surface area contributed by atoms with Crippen LogP contribution < -0.4 is 11.5 Å². The lowest BCUT2D eigenvalue weighted by molar-refractivity contribution is 0.472. The molecule has 0 spiro atoms. The summed E-state index contributed by atoms with van der Waals surface area (Å²) in [5.41, 5.74) is 12.6. The molecule has 0 saturated carbocycles. The number of benzene rings is 6. The topological polar surface area (TPSA) is 335 Å². The van der Waals surface area contributed by atoms with Gasteiger partial charge in [0, 0.05) is 27.7 Å². The van der Waals surface area contributed by atoms with Crippen LogP contribution in [0.3, 0.4) is 0 Å². The van der Waals surface area contributed by atoms with E-state index in [1.54, 1.807) is 38.1 Å². The molecule has 292 valence electrons. The lowest BCUT2D eigenvalue weighted by Gasteiger charge is -2.17. The molecule has 0 aliphatic rings. The van der Waals surface area contributed by atoms with Crippen LogP contribution in [0.5, 0.6) is 11.5 Å². The summed E-state index contributed by atoms with van der Waals surface area (Å²) in [4.78, 5) is -3.07. The number of nitrogens with zero attached hydrogens (tertiary/aromatic N) is 2. The van der Waals surface area contributed by atoms with Crippen LogP contribution in [0.15, 0.2) is 103 Å². The molecule has 18 nitrogen and oxygen atoms in total. The first-order valence-electron chi connectivity index (χ1n) is 15.5. The average molecular weight is 845 g/mol. The van der Waals surface area contributed by atoms with Crippen LogP contribution in [-0.2, 0) is 40.5 Å². The summed E-state index contributed by atoms with van der Waals surface area (Å²) in [7, 11) is -19.7. The minimum Gasteiger partial charge on any atom is -0.507 e. The van der Waals surface area contributed by atoms with Gasteiger partial charge < -0.3 is 21.7 Å². The molecule has 0 saturated heterocycles. The summed E-state index contributed by atoms with van der Waals surface area (Å²) in [6.45, 7) is 3.22. The van der Waals surface area contributed by atoms with Gasteiger partial charge in [-0.3, -0.25) is 18.2 Å². The second-order valence-electron chi connectivity index (χ2n) is 12.5. The number of hydrogen-bond acceptors (Lipinski definition) is 14. The highest BCUT2D eigenvalue weighted by Gasteiger charge is 2.27. The number of aromatic hydroxyl groups is 2. The Balaban J connectivity index is 1.41. The average Bonchev–Trinajstić information content (AvgIpc) is 3.06. The number of hydrogen-bond donors (Lipinski definition) is 8. The van der Waals surface area contributed by atoms with Gasteiger partial charge in [-0.1, -0.05) is 24.3 Å². The Labute approximate surface area is 318 Å². The van der Waals surface area contributed by atoms with E-state index in [9.17, 15) is 62.1 Å². The number of aryl methyl sites for hydroxylation is 2. The quantitative estimate of drug-likeness (QED) is 0.0500. The maximum atomic E-state index is 12.5. The van der Waals surface area contributed by atoms with Gasteiger partial charge in [0.2, 0.25) is 0 Å². The number of anilines is 2. The minimum absolute atomic E-state index is 0.140. The predicted octanol–water partition coefficient (Wildman–Crippen LogP) is 5.92. The minimum atomic E-state index is -5.09. The third-order valence-corrected chi connectivity index (χ3v) is 12.2. The van der Waals surface area contributed by atoms with E-state index in [2.05, 4.69) is 10.2 Å². The first-order valence-corrected chi connectivity index (χ1v) is 21.3. The van der Waals surface area contributed by atoms with Crippen molar-refractivity contribution in [3.05, 3.63) is 83.9 Å². The summed E-state index contributed by atoms with van der Waals surface area (Å²) < 4.78 is 135. The fraction of sp³-hybridized carbons (Fsp3) is 0.0588. The van der Waals surface area contributed by atoms with Crippen LogP contribution in [0.2, 0.25) is 0 Å². The van der Waals surface area contributed by atoms with Crippen LogP contribution in [0, 0.1) is 13.8 Å². The Hall–Kier alpha value is -5.72. The van der Waals surface area contributed by atoms with Crippen LogP contribution in [0.4, 0.5) is 22.7 Å². The lowest BCUT2D eigenvalue weighted by atomic mass is 9.92. The van der Waals surface area contributed by atoms with E-state index in [0.717, 1.165) is 36.4 Å². The van der Waals surface area contributed by atoms with E-state index in [4.69, 9.17) is 11.5 Å². The molecule has 0 unspecified atom stereocenters. The van der Waals surface area contributed by atoms with Crippen LogP contribution in [-0.4, -0.2) is 62.1 Å². The molecule has 0 atom stereocenters. The molecule has 0 aromatic heterocycles. The highest BCUT2D eigenvalue weighted by molar-refractivity contribution is 7.86. The van der Waals surface area contributed by atoms with Crippen molar-refractivity contribution >= 4 is 84.8 Å². The number of phenolic OH excluding ortho intramolecular Hbond substituents is 2. The van der Waals surface area contributed by atoms with Crippen LogP contribution >= 0.6 is 0 Å². The predicted molar refractivity (Wildman–Crippen MR) is 204 cm³/mol. The van der Waals surface area contributed by atoms with Gasteiger partial charge in [-0.25, -0.2) is 0 Å². The van der Waals surface area contributed by atoms with Gasteiger partial charge >= 0.3 is 0 Å². The maximum Gasteiger partial charge on any atom is 0.296 e. The van der Waals surface area contributed by atoms with Crippen molar-refractivity contribution in [2.75, 3.05) is 11.5 Å². The zero-order valence-corrected chi connectivity index (χ0v) is 31.8. The number of nitrogen functional groups attached to an aromatic ring is 2. The molecular weight excluding hydrogens is 817 g/mol. The summed E-state index contributed by atoms with van der Waals surface area (Å²) in [5.74, 6) is -1.54. The third kappa shape index (κ3) is 7.34. The molecule has 0 fully saturated rings. The summed E-state index contributed by atoms with van der Waals surface area (Å²) in [5, 5.41) is 29.4. The first-order chi connectivity index (χ1) is 25.8. The van der Waals surface area contributed by atoms with Crippen molar-refractivity contribution in [3.8, 4) is 33.8 Å². The fourth-order valence-corrected chi connectivity index (χ4v) is 8.72. The highest BCUT2D eigenvalue weighted by Crippen LogP contribution is 2.47. The largest absolute Gasteiger partial charge is 0.507 e. The fourth-order valence-electron chi connectivity index (χ4n) is 6.22. The summed E-state index contributed by atoms with van der Waals surface area (Å²) in [6.07, 6.45) is 0. The first kappa shape index (κ1) is 40.0. The smallest absolute Gasteiger partial charge is 0.296 e. The molecule has 0 aliphatic heterocycles. The number of nitrogens with two attached hydrogens (primary N) is 2. The molecule has 6 aromatic carbocycles. The van der Waals surface area contributed by atoms with Gasteiger partial charge in [0.15, 0.2) is 5.75 Å².